The highest BCUT2D eigenvalue weighted by molar-refractivity contribution is 7.98. The van der Waals surface area contributed by atoms with Crippen molar-refractivity contribution in [3.63, 3.8) is 0 Å². The smallest absolute Gasteiger partial charge is 0.338 e. The van der Waals surface area contributed by atoms with Crippen molar-refractivity contribution < 1.29 is 23.6 Å². The van der Waals surface area contributed by atoms with Gasteiger partial charge in [-0.15, -0.1) is 11.8 Å². The van der Waals surface area contributed by atoms with Crippen molar-refractivity contribution in [2.75, 3.05) is 20.0 Å². The van der Waals surface area contributed by atoms with Crippen LogP contribution in [-0.4, -0.2) is 35.4 Å². The Balaban J connectivity index is 1.54. The Morgan fingerprint density at radius 2 is 1.87 bits per heavy atom. The highest BCUT2D eigenvalue weighted by Gasteiger charge is 2.35. The molecule has 0 radical (unpaired) electrons. The molecule has 1 aliphatic rings. The minimum Gasteiger partial charge on any atom is -0.496 e. The maximum Gasteiger partial charge on any atom is 0.338 e. The zero-order valence-corrected chi connectivity index (χ0v) is 26.6. The summed E-state index contributed by atoms with van der Waals surface area (Å²) < 4.78 is 18.8. The van der Waals surface area contributed by atoms with Gasteiger partial charge in [0.1, 0.15) is 17.3 Å². The van der Waals surface area contributed by atoms with Gasteiger partial charge in [-0.1, -0.05) is 53.8 Å². The van der Waals surface area contributed by atoms with E-state index in [1.807, 2.05) is 60.9 Å². The summed E-state index contributed by atoms with van der Waals surface area (Å²) in [6, 6.07) is 23.8. The number of rotatable bonds is 9. The van der Waals surface area contributed by atoms with Crippen LogP contribution in [0.1, 0.15) is 29.9 Å². The summed E-state index contributed by atoms with van der Waals surface area (Å²) in [5.74, 6) is 0.531. The van der Waals surface area contributed by atoms with Crippen molar-refractivity contribution in [3.8, 4) is 17.1 Å². The van der Waals surface area contributed by atoms with Crippen LogP contribution in [0.3, 0.4) is 0 Å². The number of hydrogen-bond donors (Lipinski definition) is 0. The number of carbonyl (C=O) groups excluding carboxylic acids is 1. The molecule has 12 heteroatoms. The van der Waals surface area contributed by atoms with Crippen LogP contribution >= 0.6 is 23.1 Å². The second kappa shape index (κ2) is 13.0. The molecule has 0 unspecified atom stereocenters. The average molecular weight is 654 g/mol. The maximum absolute atomic E-state index is 14.2. The molecule has 232 valence electrons. The van der Waals surface area contributed by atoms with Crippen LogP contribution in [-0.2, 0) is 9.53 Å². The first-order valence-corrected chi connectivity index (χ1v) is 16.2. The number of thiazole rings is 1. The molecular weight excluding hydrogens is 627 g/mol. The molecule has 0 bridgehead atoms. The second-order valence-corrected chi connectivity index (χ2v) is 11.9. The minimum atomic E-state index is -0.801. The number of non-ortho nitro benzene ring substituents is 1. The number of aromatic nitrogens is 1. The number of hydrogen-bond acceptors (Lipinski definition) is 10. The van der Waals surface area contributed by atoms with E-state index >= 15 is 0 Å². The van der Waals surface area contributed by atoms with Crippen LogP contribution in [0.15, 0.2) is 110 Å². The molecule has 0 saturated carbocycles. The third-order valence-corrected chi connectivity index (χ3v) is 9.09. The van der Waals surface area contributed by atoms with Gasteiger partial charge in [0.15, 0.2) is 4.80 Å². The molecule has 46 heavy (non-hydrogen) atoms. The molecule has 0 fully saturated rings. The SMILES string of the molecule is CCOC(=O)C1=C(c2ccccc2)N=c2s/c(=C\c3ccc(-c4cc([N+](=O)[O-])ccc4OC)o3)c(=O)n2[C@@H]1c1ccc(SC)cc1. The first-order valence-electron chi connectivity index (χ1n) is 14.2. The average Bonchev–Trinajstić information content (AvgIpc) is 3.67. The van der Waals surface area contributed by atoms with Crippen LogP contribution in [0.4, 0.5) is 5.69 Å². The number of fused-ring (bicyclic) bond motifs is 1. The van der Waals surface area contributed by atoms with E-state index < -0.39 is 16.9 Å². The van der Waals surface area contributed by atoms with Gasteiger partial charge in [-0.25, -0.2) is 9.79 Å². The third kappa shape index (κ3) is 5.80. The molecule has 0 N–H and O–H groups in total. The molecule has 6 rings (SSSR count). The standard InChI is InChI=1S/C34H27N3O7S2/c1-4-43-33(39)29-30(20-8-6-5-7-9-20)35-34-36(31(29)21-10-14-24(45-3)15-11-21)32(38)28(46-34)19-23-13-17-27(44-23)25-18-22(37(40)41)12-16-26(25)42-2/h5-19,31H,4H2,1-3H3/b28-19-/t31-/m1/s1. The Morgan fingerprint density at radius 1 is 1.11 bits per heavy atom. The van der Waals surface area contributed by atoms with Crippen molar-refractivity contribution >= 4 is 46.5 Å². The second-order valence-electron chi connectivity index (χ2n) is 10.0. The molecule has 0 saturated heterocycles. The van der Waals surface area contributed by atoms with E-state index in [1.54, 1.807) is 36.9 Å². The fourth-order valence-corrected chi connectivity index (χ4v) is 6.64. The summed E-state index contributed by atoms with van der Waals surface area (Å²) in [5, 5.41) is 11.4. The summed E-state index contributed by atoms with van der Waals surface area (Å²) >= 11 is 2.76. The minimum absolute atomic E-state index is 0.112. The van der Waals surface area contributed by atoms with Crippen molar-refractivity contribution in [1.29, 1.82) is 0 Å². The lowest BCUT2D eigenvalue weighted by atomic mass is 9.93. The Hall–Kier alpha value is -5.20. The summed E-state index contributed by atoms with van der Waals surface area (Å²) in [6.45, 7) is 1.89. The number of nitro benzene ring substituents is 1. The van der Waals surface area contributed by atoms with Gasteiger partial charge in [-0.2, -0.15) is 0 Å². The molecular formula is C34H27N3O7S2. The number of benzene rings is 3. The Morgan fingerprint density at radius 3 is 2.54 bits per heavy atom. The van der Waals surface area contributed by atoms with Crippen LogP contribution in [0.25, 0.3) is 23.1 Å². The summed E-state index contributed by atoms with van der Waals surface area (Å²) in [7, 11) is 1.47. The van der Waals surface area contributed by atoms with E-state index in [0.29, 0.717) is 37.9 Å². The molecule has 2 aromatic heterocycles. The molecule has 3 heterocycles. The van der Waals surface area contributed by atoms with Gasteiger partial charge in [-0.3, -0.25) is 19.5 Å². The molecule has 3 aromatic carbocycles. The molecule has 1 aliphatic heterocycles. The Kier molecular flexibility index (Phi) is 8.73. The number of carbonyl (C=O) groups is 1. The van der Waals surface area contributed by atoms with Crippen LogP contribution in [0, 0.1) is 10.1 Å². The molecule has 0 spiro atoms. The van der Waals surface area contributed by atoms with E-state index in [2.05, 4.69) is 0 Å². The van der Waals surface area contributed by atoms with Crippen molar-refractivity contribution in [2.45, 2.75) is 17.9 Å². The van der Waals surface area contributed by atoms with E-state index in [9.17, 15) is 19.7 Å². The van der Waals surface area contributed by atoms with E-state index in [4.69, 9.17) is 18.9 Å². The van der Waals surface area contributed by atoms with Gasteiger partial charge >= 0.3 is 5.97 Å². The fourth-order valence-electron chi connectivity index (χ4n) is 5.25. The lowest BCUT2D eigenvalue weighted by Crippen LogP contribution is -2.40. The van der Waals surface area contributed by atoms with Crippen molar-refractivity contribution in [1.82, 2.24) is 4.57 Å². The topological polar surface area (TPSA) is 126 Å². The zero-order valence-electron chi connectivity index (χ0n) is 25.0. The van der Waals surface area contributed by atoms with Gasteiger partial charge in [0, 0.05) is 28.7 Å². The van der Waals surface area contributed by atoms with Crippen LogP contribution in [0.5, 0.6) is 5.75 Å². The van der Waals surface area contributed by atoms with E-state index in [1.165, 1.54) is 41.2 Å². The van der Waals surface area contributed by atoms with Crippen LogP contribution in [0.2, 0.25) is 0 Å². The van der Waals surface area contributed by atoms with Gasteiger partial charge in [0.25, 0.3) is 11.2 Å². The first-order chi connectivity index (χ1) is 22.3. The number of thioether (sulfide) groups is 1. The number of nitrogens with zero attached hydrogens (tertiary/aromatic N) is 3. The van der Waals surface area contributed by atoms with Crippen molar-refractivity contribution in [3.05, 3.63) is 137 Å². The zero-order chi connectivity index (χ0) is 32.4. The normalized spacial score (nSPS) is 14.5. The van der Waals surface area contributed by atoms with Crippen LogP contribution < -0.4 is 19.6 Å². The number of methoxy groups -OCH3 is 1. The fraction of sp³-hybridized carbons (Fsp3) is 0.147. The summed E-state index contributed by atoms with van der Waals surface area (Å²) in [5.41, 5.74) is 2.08. The Labute approximate surface area is 271 Å². The maximum atomic E-state index is 14.2. The number of furan rings is 1. The molecule has 5 aromatic rings. The molecule has 10 nitrogen and oxygen atoms in total. The highest BCUT2D eigenvalue weighted by Crippen LogP contribution is 2.36. The largest absolute Gasteiger partial charge is 0.496 e. The van der Waals surface area contributed by atoms with Gasteiger partial charge in [-0.05, 0) is 49.1 Å². The quantitative estimate of drug-likeness (QED) is 0.0842. The third-order valence-electron chi connectivity index (χ3n) is 7.36. The van der Waals surface area contributed by atoms with Gasteiger partial charge in [0.05, 0.1) is 46.0 Å². The summed E-state index contributed by atoms with van der Waals surface area (Å²) in [6.07, 6.45) is 3.58. The molecule has 0 amide bonds. The van der Waals surface area contributed by atoms with Crippen molar-refractivity contribution in [2.24, 2.45) is 4.99 Å². The molecule has 1 atom stereocenters. The highest BCUT2D eigenvalue weighted by atomic mass is 32.2. The predicted molar refractivity (Wildman–Crippen MR) is 177 cm³/mol. The Bertz CT molecular complexity index is 2160. The lowest BCUT2D eigenvalue weighted by Gasteiger charge is -2.26. The lowest BCUT2D eigenvalue weighted by molar-refractivity contribution is -0.384. The van der Waals surface area contributed by atoms with E-state index in [-0.39, 0.29) is 23.4 Å². The van der Waals surface area contributed by atoms with Gasteiger partial charge < -0.3 is 13.9 Å². The predicted octanol–water partition coefficient (Wildman–Crippen LogP) is 5.83. The number of nitro groups is 1. The van der Waals surface area contributed by atoms with Gasteiger partial charge in [0.2, 0.25) is 0 Å². The first kappa shape index (κ1) is 30.8. The number of esters is 1. The molecule has 0 aliphatic carbocycles. The monoisotopic (exact) mass is 653 g/mol. The summed E-state index contributed by atoms with van der Waals surface area (Å²) in [4.78, 5) is 45.0. The number of ether oxygens (including phenoxy) is 2. The van der Waals surface area contributed by atoms with E-state index in [0.717, 1.165) is 16.0 Å².